The van der Waals surface area contributed by atoms with E-state index in [1.807, 2.05) is 19.2 Å². The Hall–Kier alpha value is -1.88. The van der Waals surface area contributed by atoms with Gasteiger partial charge in [-0.2, -0.15) is 0 Å². The summed E-state index contributed by atoms with van der Waals surface area (Å²) in [5.41, 5.74) is 3.37. The number of amides is 2. The molecule has 1 aliphatic carbocycles. The lowest BCUT2D eigenvalue weighted by molar-refractivity contribution is -0.121. The summed E-state index contributed by atoms with van der Waals surface area (Å²) in [6.45, 7) is 1.02. The number of aryl methyl sites for hydroxylation is 1. The summed E-state index contributed by atoms with van der Waals surface area (Å²) < 4.78 is 0. The van der Waals surface area contributed by atoms with Crippen LogP contribution in [0.3, 0.4) is 0 Å². The number of carbonyl (C=O) groups is 2. The van der Waals surface area contributed by atoms with Crippen molar-refractivity contribution in [2.75, 3.05) is 18.5 Å². The lowest BCUT2D eigenvalue weighted by Gasteiger charge is -2.26. The van der Waals surface area contributed by atoms with E-state index in [0.717, 1.165) is 30.5 Å². The van der Waals surface area contributed by atoms with Crippen molar-refractivity contribution in [3.63, 3.8) is 0 Å². The maximum atomic E-state index is 12.0. The highest BCUT2D eigenvalue weighted by atomic mass is 16.2. The monoisotopic (exact) mass is 329 g/mol. The fraction of sp³-hybridized carbons (Fsp3) is 0.579. The Labute approximate surface area is 143 Å². The predicted octanol–water partition coefficient (Wildman–Crippen LogP) is 2.13. The van der Waals surface area contributed by atoms with Gasteiger partial charge in [-0.05, 0) is 36.5 Å². The number of hydrogen-bond acceptors (Lipinski definition) is 3. The van der Waals surface area contributed by atoms with Gasteiger partial charge in [-0.25, -0.2) is 0 Å². The van der Waals surface area contributed by atoms with Crippen LogP contribution in [0, 0.1) is 0 Å². The fourth-order valence-corrected chi connectivity index (χ4v) is 3.67. The molecule has 1 aliphatic heterocycles. The van der Waals surface area contributed by atoms with E-state index in [1.165, 1.54) is 24.8 Å². The third-order valence-corrected chi connectivity index (χ3v) is 5.07. The first-order valence-electron chi connectivity index (χ1n) is 9.02. The fourth-order valence-electron chi connectivity index (χ4n) is 3.67. The van der Waals surface area contributed by atoms with E-state index in [0.29, 0.717) is 25.6 Å². The van der Waals surface area contributed by atoms with Crippen LogP contribution in [-0.4, -0.2) is 31.4 Å². The number of hydrogen-bond donors (Lipinski definition) is 2. The van der Waals surface area contributed by atoms with Crippen molar-refractivity contribution in [1.82, 2.24) is 10.6 Å². The molecule has 1 heterocycles. The van der Waals surface area contributed by atoms with E-state index in [2.05, 4.69) is 16.7 Å². The van der Waals surface area contributed by atoms with Crippen LogP contribution in [0.15, 0.2) is 18.2 Å². The van der Waals surface area contributed by atoms with Crippen LogP contribution >= 0.6 is 0 Å². The zero-order chi connectivity index (χ0) is 16.9. The number of nitrogens with one attached hydrogen (secondary N) is 2. The highest BCUT2D eigenvalue weighted by Crippen LogP contribution is 2.27. The molecular weight excluding hydrogens is 302 g/mol. The van der Waals surface area contributed by atoms with Crippen LogP contribution in [0.25, 0.3) is 0 Å². The molecular formula is C19H27N3O2. The number of nitrogens with zero attached hydrogens (tertiary/aromatic N) is 1. The molecule has 1 aromatic rings. The van der Waals surface area contributed by atoms with Gasteiger partial charge in [0, 0.05) is 31.7 Å². The molecule has 1 fully saturated rings. The molecule has 1 saturated carbocycles. The Morgan fingerprint density at radius 3 is 2.79 bits per heavy atom. The van der Waals surface area contributed by atoms with Gasteiger partial charge in [0.25, 0.3) is 0 Å². The van der Waals surface area contributed by atoms with Crippen molar-refractivity contribution in [3.8, 4) is 0 Å². The van der Waals surface area contributed by atoms with Gasteiger partial charge < -0.3 is 15.5 Å². The Balaban J connectivity index is 1.47. The Morgan fingerprint density at radius 2 is 2.00 bits per heavy atom. The molecule has 24 heavy (non-hydrogen) atoms. The van der Waals surface area contributed by atoms with Crippen LogP contribution < -0.4 is 15.5 Å². The molecule has 5 nitrogen and oxygen atoms in total. The van der Waals surface area contributed by atoms with Crippen molar-refractivity contribution in [2.24, 2.45) is 0 Å². The largest absolute Gasteiger partial charge is 0.352 e. The third kappa shape index (κ3) is 4.15. The van der Waals surface area contributed by atoms with Gasteiger partial charge in [0.05, 0.1) is 6.54 Å². The molecule has 5 heteroatoms. The number of rotatable bonds is 5. The number of benzene rings is 1. The number of carbonyl (C=O) groups excluding carboxylic acids is 2. The first kappa shape index (κ1) is 17.0. The van der Waals surface area contributed by atoms with E-state index in [9.17, 15) is 9.59 Å². The molecule has 0 aromatic heterocycles. The lowest BCUT2D eigenvalue weighted by Crippen LogP contribution is -2.41. The molecule has 0 bridgehead atoms. The maximum Gasteiger partial charge on any atom is 0.234 e. The molecule has 0 spiro atoms. The van der Waals surface area contributed by atoms with Crippen LogP contribution in [0.4, 0.5) is 5.69 Å². The number of fused-ring (bicyclic) bond motifs is 1. The SMILES string of the molecule is CN1C(=O)CCc2cc(CNCC(=O)NC3CCCCC3)ccc21. The van der Waals surface area contributed by atoms with Crippen molar-refractivity contribution < 1.29 is 9.59 Å². The van der Waals surface area contributed by atoms with Gasteiger partial charge >= 0.3 is 0 Å². The van der Waals surface area contributed by atoms with E-state index in [4.69, 9.17) is 0 Å². The van der Waals surface area contributed by atoms with Gasteiger partial charge in [-0.1, -0.05) is 31.4 Å². The average Bonchev–Trinajstić information content (AvgIpc) is 2.59. The summed E-state index contributed by atoms with van der Waals surface area (Å²) in [5.74, 6) is 0.262. The standard InChI is InChI=1S/C19H27N3O2/c1-22-17-9-7-14(11-15(17)8-10-19(22)24)12-20-13-18(23)21-16-5-3-2-4-6-16/h7,9,11,16,20H,2-6,8,10,12-13H2,1H3,(H,21,23). The van der Waals surface area contributed by atoms with Gasteiger partial charge in [-0.3, -0.25) is 9.59 Å². The second kappa shape index (κ2) is 7.79. The molecule has 0 saturated heterocycles. The summed E-state index contributed by atoms with van der Waals surface area (Å²) in [6.07, 6.45) is 7.35. The normalized spacial score (nSPS) is 18.4. The predicted molar refractivity (Wildman–Crippen MR) is 94.9 cm³/mol. The minimum atomic E-state index is 0.0881. The Morgan fingerprint density at radius 1 is 1.21 bits per heavy atom. The second-order valence-corrected chi connectivity index (χ2v) is 6.92. The quantitative estimate of drug-likeness (QED) is 0.870. The number of anilines is 1. The summed E-state index contributed by atoms with van der Waals surface area (Å²) in [5, 5.41) is 6.35. The minimum absolute atomic E-state index is 0.0881. The van der Waals surface area contributed by atoms with Gasteiger partial charge in [0.15, 0.2) is 0 Å². The van der Waals surface area contributed by atoms with Crippen molar-refractivity contribution in [2.45, 2.75) is 57.5 Å². The molecule has 0 radical (unpaired) electrons. The first-order valence-corrected chi connectivity index (χ1v) is 9.02. The summed E-state index contributed by atoms with van der Waals surface area (Å²) >= 11 is 0. The van der Waals surface area contributed by atoms with Crippen molar-refractivity contribution in [3.05, 3.63) is 29.3 Å². The van der Waals surface area contributed by atoms with Gasteiger partial charge in [0.1, 0.15) is 0 Å². The van der Waals surface area contributed by atoms with E-state index in [-0.39, 0.29) is 11.8 Å². The van der Waals surface area contributed by atoms with Gasteiger partial charge in [0.2, 0.25) is 11.8 Å². The molecule has 2 N–H and O–H groups in total. The van der Waals surface area contributed by atoms with Crippen LogP contribution in [0.1, 0.15) is 49.7 Å². The second-order valence-electron chi connectivity index (χ2n) is 6.92. The maximum absolute atomic E-state index is 12.0. The van der Waals surface area contributed by atoms with E-state index >= 15 is 0 Å². The molecule has 2 aliphatic rings. The average molecular weight is 329 g/mol. The zero-order valence-electron chi connectivity index (χ0n) is 14.4. The van der Waals surface area contributed by atoms with E-state index < -0.39 is 0 Å². The zero-order valence-corrected chi connectivity index (χ0v) is 14.4. The highest BCUT2D eigenvalue weighted by Gasteiger charge is 2.20. The van der Waals surface area contributed by atoms with Crippen LogP contribution in [-0.2, 0) is 22.6 Å². The van der Waals surface area contributed by atoms with Gasteiger partial charge in [-0.15, -0.1) is 0 Å². The van der Waals surface area contributed by atoms with Crippen LogP contribution in [0.5, 0.6) is 0 Å². The first-order chi connectivity index (χ1) is 11.6. The van der Waals surface area contributed by atoms with Crippen molar-refractivity contribution in [1.29, 1.82) is 0 Å². The molecule has 2 amide bonds. The molecule has 130 valence electrons. The lowest BCUT2D eigenvalue weighted by atomic mass is 9.95. The topological polar surface area (TPSA) is 61.4 Å². The summed E-state index contributed by atoms with van der Waals surface area (Å²) in [4.78, 5) is 25.4. The molecule has 3 rings (SSSR count). The Bertz CT molecular complexity index is 609. The highest BCUT2D eigenvalue weighted by molar-refractivity contribution is 5.95. The van der Waals surface area contributed by atoms with Crippen molar-refractivity contribution >= 4 is 17.5 Å². The molecule has 0 unspecified atom stereocenters. The minimum Gasteiger partial charge on any atom is -0.352 e. The summed E-state index contributed by atoms with van der Waals surface area (Å²) in [6, 6.07) is 6.54. The Kier molecular flexibility index (Phi) is 5.51. The molecule has 0 atom stereocenters. The summed E-state index contributed by atoms with van der Waals surface area (Å²) in [7, 11) is 1.83. The van der Waals surface area contributed by atoms with Crippen LogP contribution in [0.2, 0.25) is 0 Å². The van der Waals surface area contributed by atoms with E-state index in [1.54, 1.807) is 4.90 Å². The molecule has 1 aromatic carbocycles. The third-order valence-electron chi connectivity index (χ3n) is 5.07. The smallest absolute Gasteiger partial charge is 0.234 e.